The van der Waals surface area contributed by atoms with Gasteiger partial charge in [-0.15, -0.1) is 0 Å². The van der Waals surface area contributed by atoms with Gasteiger partial charge < -0.3 is 8.98 Å². The topological polar surface area (TPSA) is 56.7 Å². The average molecular weight is 802 g/mol. The highest BCUT2D eigenvalue weighted by molar-refractivity contribution is 6.27. The number of furan rings is 1. The molecule has 0 amide bonds. The molecular weight excluding hydrogens is 757 g/mol. The van der Waals surface area contributed by atoms with Crippen LogP contribution < -0.4 is 0 Å². The molecule has 0 spiro atoms. The van der Waals surface area contributed by atoms with Gasteiger partial charge >= 0.3 is 0 Å². The number of para-hydroxylation sites is 3. The summed E-state index contributed by atoms with van der Waals surface area (Å²) in [5, 5.41) is 6.73. The predicted molar refractivity (Wildman–Crippen MR) is 256 cm³/mol. The lowest BCUT2D eigenvalue weighted by molar-refractivity contribution is 0.669. The van der Waals surface area contributed by atoms with Gasteiger partial charge in [0.1, 0.15) is 11.2 Å². The Hall–Kier alpha value is -8.41. The Labute approximate surface area is 371 Å². The molecule has 3 heterocycles. The van der Waals surface area contributed by atoms with Gasteiger partial charge in [0.25, 0.3) is 0 Å². The van der Waals surface area contributed by atoms with Crippen LogP contribution in [0.25, 0.3) is 127 Å². The fraction of sp³-hybridized carbons (Fsp3) is 0. The van der Waals surface area contributed by atoms with Gasteiger partial charge in [0, 0.05) is 43.9 Å². The molecule has 0 radical (unpaired) electrons. The van der Waals surface area contributed by atoms with Crippen molar-refractivity contribution >= 4 is 76.1 Å². The molecule has 0 atom stereocenters. The van der Waals surface area contributed by atoms with Crippen molar-refractivity contribution in [3.63, 3.8) is 0 Å². The van der Waals surface area contributed by atoms with Gasteiger partial charge in [-0.05, 0) is 97.9 Å². The van der Waals surface area contributed by atoms with Crippen LogP contribution in [0.2, 0.25) is 0 Å². The first kappa shape index (κ1) is 25.3. The highest BCUT2D eigenvalue weighted by Crippen LogP contribution is 2.44. The maximum atomic E-state index is 10.3. The molecule has 5 nitrogen and oxygen atoms in total. The third-order valence-corrected chi connectivity index (χ3v) is 11.6. The van der Waals surface area contributed by atoms with Crippen molar-refractivity contribution in [3.05, 3.63) is 206 Å². The summed E-state index contributed by atoms with van der Waals surface area (Å²) >= 11 is 0. The van der Waals surface area contributed by atoms with Crippen LogP contribution in [-0.4, -0.2) is 19.5 Å². The Morgan fingerprint density at radius 1 is 0.387 bits per heavy atom. The zero-order chi connectivity index (χ0) is 50.3. The van der Waals surface area contributed by atoms with Gasteiger partial charge in [-0.2, -0.15) is 0 Å². The summed E-state index contributed by atoms with van der Waals surface area (Å²) in [5.41, 5.74) is 2.47. The minimum absolute atomic E-state index is 0.0563. The van der Waals surface area contributed by atoms with E-state index in [9.17, 15) is 6.85 Å². The second-order valence-electron chi connectivity index (χ2n) is 15.0. The van der Waals surface area contributed by atoms with Gasteiger partial charge in [0.05, 0.1) is 26.1 Å². The van der Waals surface area contributed by atoms with Crippen molar-refractivity contribution in [1.29, 1.82) is 0 Å². The van der Waals surface area contributed by atoms with Crippen molar-refractivity contribution in [1.82, 2.24) is 19.5 Å². The Balaban J connectivity index is 1.21. The minimum atomic E-state index is -0.676. The van der Waals surface area contributed by atoms with E-state index in [0.29, 0.717) is 39.5 Å². The summed E-state index contributed by atoms with van der Waals surface area (Å²) in [7, 11) is 0. The van der Waals surface area contributed by atoms with Crippen molar-refractivity contribution in [3.8, 4) is 51.0 Å². The molecule has 0 bridgehead atoms. The summed E-state index contributed by atoms with van der Waals surface area (Å²) < 4.78 is 109. The SMILES string of the molecule is [2H]c1cc([2H])c2c(c1[2H])c1c([2H])c(-c3cc4c5ccccc5c5ccccc5c4cc3-c3nc(-c4ccccc4)nc(-c4cccc5oc6ccccc6c45)n3)c([2H])c([2H])c1n2-c1c([2H])c([2H])c([2H])c([2H])c1[2H]. The van der Waals surface area contributed by atoms with Gasteiger partial charge in [-0.1, -0.05) is 152 Å². The van der Waals surface area contributed by atoms with Crippen LogP contribution in [0.1, 0.15) is 15.1 Å². The summed E-state index contributed by atoms with van der Waals surface area (Å²) in [5.74, 6) is 0.828. The monoisotopic (exact) mass is 801 g/mol. The number of aromatic nitrogens is 4. The number of hydrogen-bond acceptors (Lipinski definition) is 4. The van der Waals surface area contributed by atoms with Crippen LogP contribution in [0.3, 0.4) is 0 Å². The molecular formula is C57H34N4O. The second kappa shape index (κ2) is 13.6. The lowest BCUT2D eigenvalue weighted by atomic mass is 9.89. The van der Waals surface area contributed by atoms with Crippen molar-refractivity contribution < 1.29 is 19.5 Å². The normalized spacial score (nSPS) is 14.4. The molecule has 10 aromatic carbocycles. The van der Waals surface area contributed by atoms with Crippen LogP contribution in [-0.2, 0) is 0 Å². The molecule has 0 saturated heterocycles. The fourth-order valence-electron chi connectivity index (χ4n) is 8.91. The van der Waals surface area contributed by atoms with E-state index in [1.807, 2.05) is 127 Å². The molecule has 0 unspecified atom stereocenters. The highest BCUT2D eigenvalue weighted by Gasteiger charge is 2.22. The van der Waals surface area contributed by atoms with Crippen LogP contribution in [0, 0.1) is 0 Å². The third kappa shape index (κ3) is 5.25. The van der Waals surface area contributed by atoms with E-state index in [1.54, 1.807) is 0 Å². The Morgan fingerprint density at radius 2 is 1.00 bits per heavy atom. The molecule has 62 heavy (non-hydrogen) atoms. The first-order chi connectivity index (χ1) is 35.3. The Morgan fingerprint density at radius 3 is 1.76 bits per heavy atom. The van der Waals surface area contributed by atoms with Gasteiger partial charge in [-0.3, -0.25) is 0 Å². The van der Waals surface area contributed by atoms with Crippen LogP contribution in [0.15, 0.2) is 210 Å². The quantitative estimate of drug-likeness (QED) is 0.163. The van der Waals surface area contributed by atoms with E-state index in [0.717, 1.165) is 53.7 Å². The molecule has 13 aromatic rings. The average Bonchev–Trinajstić information content (AvgIpc) is 3.98. The fourth-order valence-corrected chi connectivity index (χ4v) is 8.91. The second-order valence-corrected chi connectivity index (χ2v) is 15.0. The number of hydrogen-bond donors (Lipinski definition) is 0. The first-order valence-corrected chi connectivity index (χ1v) is 20.0. The molecule has 0 N–H and O–H groups in total. The summed E-state index contributed by atoms with van der Waals surface area (Å²) in [6, 6.07) is 38.0. The minimum Gasteiger partial charge on any atom is -0.456 e. The largest absolute Gasteiger partial charge is 0.456 e. The summed E-state index contributed by atoms with van der Waals surface area (Å²) in [6.45, 7) is 0. The van der Waals surface area contributed by atoms with Gasteiger partial charge in [-0.25, -0.2) is 15.0 Å². The van der Waals surface area contributed by atoms with E-state index < -0.39 is 54.0 Å². The van der Waals surface area contributed by atoms with E-state index in [2.05, 4.69) is 6.07 Å². The van der Waals surface area contributed by atoms with Gasteiger partial charge in [0.15, 0.2) is 17.5 Å². The van der Waals surface area contributed by atoms with Gasteiger partial charge in [0.2, 0.25) is 0 Å². The maximum Gasteiger partial charge on any atom is 0.164 e. The summed E-state index contributed by atoms with van der Waals surface area (Å²) in [4.78, 5) is 15.6. The van der Waals surface area contributed by atoms with Crippen LogP contribution in [0.4, 0.5) is 0 Å². The van der Waals surface area contributed by atoms with Crippen molar-refractivity contribution in [2.24, 2.45) is 0 Å². The summed E-state index contributed by atoms with van der Waals surface area (Å²) in [6.07, 6.45) is 0. The van der Waals surface area contributed by atoms with E-state index >= 15 is 0 Å². The molecule has 0 saturated carbocycles. The molecule has 0 aliphatic heterocycles. The number of nitrogens with zero attached hydrogens (tertiary/aromatic N) is 4. The van der Waals surface area contributed by atoms with Crippen molar-refractivity contribution in [2.75, 3.05) is 0 Å². The number of benzene rings is 10. The lowest BCUT2D eigenvalue weighted by Gasteiger charge is -2.17. The third-order valence-electron chi connectivity index (χ3n) is 11.6. The molecule has 3 aromatic heterocycles. The smallest absolute Gasteiger partial charge is 0.164 e. The molecule has 0 fully saturated rings. The Kier molecular flexibility index (Phi) is 5.53. The van der Waals surface area contributed by atoms with E-state index in [1.165, 1.54) is 0 Å². The predicted octanol–water partition coefficient (Wildman–Crippen LogP) is 15.0. The molecule has 13 rings (SSSR count). The van der Waals surface area contributed by atoms with E-state index in [4.69, 9.17) is 27.6 Å². The molecule has 5 heteroatoms. The number of fused-ring (bicyclic) bond motifs is 12. The zero-order valence-electron chi connectivity index (χ0n) is 43.5. The lowest BCUT2D eigenvalue weighted by Crippen LogP contribution is -2.02. The van der Waals surface area contributed by atoms with E-state index in [-0.39, 0.29) is 56.9 Å². The Bertz CT molecular complexity index is 4560. The molecule has 288 valence electrons. The first-order valence-electron chi connectivity index (χ1n) is 25.5. The molecule has 0 aliphatic rings. The standard InChI is InChI=1S/C57H34N4O/c1-3-16-35(17-4-1)55-58-56(44-26-15-29-53-54(44)43-25-12-14-28-52(43)62-53)60-57(59-55)49-34-47-41-23-10-8-21-39(41)38-20-7-9-22-40(38)46(47)33-45(49)36-30-31-51-48(32-36)42-24-11-13-27-50(42)61(51)37-18-5-2-6-19-37/h1-34H/i2D,5D,6D,11D,18D,19D,24D,27D,30D,31D,32D. The van der Waals surface area contributed by atoms with Crippen LogP contribution >= 0.6 is 0 Å². The highest BCUT2D eigenvalue weighted by atomic mass is 16.3. The maximum absolute atomic E-state index is 10.3. The van der Waals surface area contributed by atoms with Crippen LogP contribution in [0.5, 0.6) is 0 Å². The van der Waals surface area contributed by atoms with Crippen molar-refractivity contribution in [2.45, 2.75) is 0 Å². The zero-order valence-corrected chi connectivity index (χ0v) is 32.5. The number of rotatable bonds is 5. The molecule has 0 aliphatic carbocycles.